The van der Waals surface area contributed by atoms with Crippen molar-refractivity contribution in [2.24, 2.45) is 0 Å². The van der Waals surface area contributed by atoms with Gasteiger partial charge in [0.25, 0.3) is 0 Å². The third-order valence-corrected chi connectivity index (χ3v) is 16.6. The van der Waals surface area contributed by atoms with Crippen molar-refractivity contribution in [2.45, 2.75) is 64.1 Å². The molecule has 0 heterocycles. The number of rotatable bonds is 17. The van der Waals surface area contributed by atoms with Gasteiger partial charge in [0.1, 0.15) is 55.0 Å². The summed E-state index contributed by atoms with van der Waals surface area (Å²) in [5.41, 5.74) is -30.2. The maximum absolute atomic E-state index is 14.2. The monoisotopic (exact) mass is 1400 g/mol. The van der Waals surface area contributed by atoms with Crippen molar-refractivity contribution in [1.29, 1.82) is 0 Å². The third-order valence-electron chi connectivity index (χ3n) is 14.3. The van der Waals surface area contributed by atoms with Crippen LogP contribution in [0.15, 0.2) is 227 Å². The van der Waals surface area contributed by atoms with E-state index in [4.69, 9.17) is 18.9 Å². The minimum atomic E-state index is -6.13. The summed E-state index contributed by atoms with van der Waals surface area (Å²) in [5.74, 6) is 3.34. The van der Waals surface area contributed by atoms with Crippen molar-refractivity contribution in [3.63, 3.8) is 0 Å². The van der Waals surface area contributed by atoms with Gasteiger partial charge in [0.05, 0.1) is 44.5 Å². The van der Waals surface area contributed by atoms with Crippen LogP contribution in [0.5, 0.6) is 23.0 Å². The van der Waals surface area contributed by atoms with Gasteiger partial charge >= 0.3 is 49.4 Å². The predicted molar refractivity (Wildman–Crippen MR) is 306 cm³/mol. The first kappa shape index (κ1) is 72.7. The fraction of sp³-hybridized carbons (Fsp3) is 0.182. The Balaban J connectivity index is 0.000000262. The Morgan fingerprint density at radius 1 is 0.240 bits per heavy atom. The average Bonchev–Trinajstić information content (AvgIpc) is 0.708. The highest BCUT2D eigenvalue weighted by atomic mass is 32.2. The van der Waals surface area contributed by atoms with Gasteiger partial charge in [-0.15, -0.1) is 0 Å². The summed E-state index contributed by atoms with van der Waals surface area (Å²) >= 11 is 0. The second-order valence-electron chi connectivity index (χ2n) is 20.8. The highest BCUT2D eigenvalue weighted by molar-refractivity contribution is 7.97. The van der Waals surface area contributed by atoms with E-state index in [0.717, 1.165) is 32.8 Å². The van der Waals surface area contributed by atoms with Gasteiger partial charge in [0, 0.05) is 0 Å². The van der Waals surface area contributed by atoms with E-state index in [1.54, 1.807) is 0 Å². The zero-order valence-corrected chi connectivity index (χ0v) is 49.0. The molecule has 4 nitrogen and oxygen atoms in total. The van der Waals surface area contributed by atoms with Crippen molar-refractivity contribution in [3.05, 3.63) is 257 Å². The fourth-order valence-electron chi connectivity index (χ4n) is 10.1. The lowest BCUT2D eigenvalue weighted by molar-refractivity contribution is -0.144. The second kappa shape index (κ2) is 28.3. The van der Waals surface area contributed by atoms with Gasteiger partial charge in [-0.2, -0.15) is 127 Å². The average molecular weight is 1400 g/mol. The largest absolute Gasteiger partial charge is 0.490 e. The first-order valence-electron chi connectivity index (χ1n) is 27.6. The normalized spacial score (nSPS) is 12.8. The molecule has 0 aliphatic carbocycles. The molecule has 9 rings (SSSR count). The minimum absolute atomic E-state index is 0.437. The Morgan fingerprint density at radius 2 is 0.448 bits per heavy atom. The summed E-state index contributed by atoms with van der Waals surface area (Å²) in [5, 5.41) is 0. The summed E-state index contributed by atoms with van der Waals surface area (Å²) < 4.78 is 365. The smallest absolute Gasteiger partial charge is 0.416 e. The van der Waals surface area contributed by atoms with Crippen LogP contribution in [0.3, 0.4) is 0 Å². The van der Waals surface area contributed by atoms with Gasteiger partial charge in [0.15, 0.2) is 16.4 Å². The molecular formula is C66H43BF24O4S. The van der Waals surface area contributed by atoms with E-state index < -0.39 is 206 Å². The summed E-state index contributed by atoms with van der Waals surface area (Å²) in [4.78, 5) is 3.38. The van der Waals surface area contributed by atoms with E-state index in [1.165, 1.54) is 4.90 Å². The van der Waals surface area contributed by atoms with Crippen molar-refractivity contribution < 1.29 is 124 Å². The first-order chi connectivity index (χ1) is 44.6. The lowest BCUT2D eigenvalue weighted by Crippen LogP contribution is -2.75. The number of alkyl halides is 24. The molecular weight excluding hydrogens is 1360 g/mol. The molecule has 0 saturated heterocycles. The molecule has 0 unspecified atom stereocenters. The SMILES string of the molecule is FC(F)(F)c1cc([B-](c2cc(C(F)(F)F)cc(C(F)(F)F)c2)(c2cc(C(F)(F)F)cc(C(F)(F)F)c2)c2cc(C(F)(F)F)cc(C(F)(F)F)c2)cc(C(F)(F)F)c1.c1ccc(OCCOc2ccccc2[S+](c2ccccc2)c2ccccc2OCCOc2ccccc2)cc1. The summed E-state index contributed by atoms with van der Waals surface area (Å²) in [7, 11) is -0.452. The molecule has 0 aliphatic rings. The lowest BCUT2D eigenvalue weighted by atomic mass is 9.12. The van der Waals surface area contributed by atoms with Crippen LogP contribution in [0.1, 0.15) is 44.5 Å². The van der Waals surface area contributed by atoms with Gasteiger partial charge in [-0.05, 0) is 84.9 Å². The van der Waals surface area contributed by atoms with Gasteiger partial charge in [-0.25, -0.2) is 0 Å². The Labute approximate surface area is 531 Å². The van der Waals surface area contributed by atoms with E-state index in [-0.39, 0.29) is 0 Å². The molecule has 0 aromatic heterocycles. The quantitative estimate of drug-likeness (QED) is 0.0394. The van der Waals surface area contributed by atoms with Crippen LogP contribution in [-0.2, 0) is 60.3 Å². The molecule has 30 heteroatoms. The molecule has 0 amide bonds. The van der Waals surface area contributed by atoms with E-state index in [1.807, 2.05) is 91.0 Å². The maximum Gasteiger partial charge on any atom is 0.416 e. The molecule has 0 atom stereocenters. The highest BCUT2D eigenvalue weighted by Gasteiger charge is 2.48. The lowest BCUT2D eigenvalue weighted by Gasteiger charge is -2.46. The molecule has 0 saturated carbocycles. The number of halogens is 24. The Morgan fingerprint density at radius 3 is 0.688 bits per heavy atom. The van der Waals surface area contributed by atoms with Crippen LogP contribution >= 0.6 is 0 Å². The topological polar surface area (TPSA) is 36.9 Å². The first-order valence-corrected chi connectivity index (χ1v) is 28.8. The predicted octanol–water partition coefficient (Wildman–Crippen LogP) is 18.9. The van der Waals surface area contributed by atoms with Crippen LogP contribution in [0, 0.1) is 0 Å². The van der Waals surface area contributed by atoms with E-state index in [9.17, 15) is 105 Å². The molecule has 0 spiro atoms. The van der Waals surface area contributed by atoms with Crippen LogP contribution in [0.25, 0.3) is 0 Å². The number of hydrogen-bond acceptors (Lipinski definition) is 4. The van der Waals surface area contributed by atoms with Crippen molar-refractivity contribution in [3.8, 4) is 23.0 Å². The number of hydrogen-bond donors (Lipinski definition) is 0. The molecule has 96 heavy (non-hydrogen) atoms. The molecule has 508 valence electrons. The van der Waals surface area contributed by atoms with Crippen LogP contribution in [-0.4, -0.2) is 32.6 Å². The highest BCUT2D eigenvalue weighted by Crippen LogP contribution is 2.44. The van der Waals surface area contributed by atoms with E-state index in [2.05, 4.69) is 48.5 Å². The maximum atomic E-state index is 14.2. The summed E-state index contributed by atoms with van der Waals surface area (Å²) in [6.07, 6.45) is -54.8. The van der Waals surface area contributed by atoms with Crippen LogP contribution < -0.4 is 40.8 Å². The number of benzene rings is 9. The fourth-order valence-corrected chi connectivity index (χ4v) is 12.4. The molecule has 0 aliphatic heterocycles. The molecule has 0 radical (unpaired) electrons. The standard InChI is InChI=1S/C34H31O4S.C32H12BF24/c1-4-14-28(15-5-1)35-24-26-37-31-20-10-12-22-33(31)39(30-18-8-3-9-19-30)34-23-13-11-21-32(34)38-27-25-36-29-16-6-2-7-17-29;34-25(35,36)13-1-14(26(37,38)39)6-21(5-13)33(22-7-15(27(40,41)42)2-16(8-22)28(43,44)45,23-9-17(29(46,47)48)3-18(10-23)30(49,50)51)24-11-19(31(52,53)54)4-20(12-24)32(55,56)57/h1-23H,24-27H2;1-12H/q+1;-1. The number of para-hydroxylation sites is 4. The van der Waals surface area contributed by atoms with Crippen LogP contribution in [0.4, 0.5) is 105 Å². The minimum Gasteiger partial charge on any atom is -0.490 e. The van der Waals surface area contributed by atoms with Gasteiger partial charge < -0.3 is 18.9 Å². The van der Waals surface area contributed by atoms with Gasteiger partial charge in [-0.3, -0.25) is 0 Å². The molecule has 0 N–H and O–H groups in total. The zero-order chi connectivity index (χ0) is 70.5. The zero-order valence-electron chi connectivity index (χ0n) is 48.2. The van der Waals surface area contributed by atoms with E-state index in [0.29, 0.717) is 26.4 Å². The molecule has 9 aromatic rings. The summed E-state index contributed by atoms with van der Waals surface area (Å²) in [6.45, 7) is 1.79. The van der Waals surface area contributed by atoms with Crippen molar-refractivity contribution in [1.82, 2.24) is 0 Å². The van der Waals surface area contributed by atoms with E-state index >= 15 is 0 Å². The third kappa shape index (κ3) is 17.9. The second-order valence-corrected chi connectivity index (χ2v) is 22.7. The molecule has 0 bridgehead atoms. The number of ether oxygens (including phenoxy) is 4. The molecule has 9 aromatic carbocycles. The summed E-state index contributed by atoms with van der Waals surface area (Å²) in [6, 6.07) is 37.7. The van der Waals surface area contributed by atoms with Crippen molar-refractivity contribution in [2.75, 3.05) is 26.4 Å². The van der Waals surface area contributed by atoms with Crippen LogP contribution in [0.2, 0.25) is 0 Å². The van der Waals surface area contributed by atoms with Gasteiger partial charge in [0.2, 0.25) is 9.79 Å². The Kier molecular flexibility index (Phi) is 21.5. The Bertz CT molecular complexity index is 3560. The van der Waals surface area contributed by atoms with Crippen molar-refractivity contribution >= 4 is 38.9 Å². The van der Waals surface area contributed by atoms with Gasteiger partial charge in [-0.1, -0.05) is 127 Å². The molecule has 0 fully saturated rings. The Hall–Kier alpha value is -9.09.